The van der Waals surface area contributed by atoms with Gasteiger partial charge in [0.15, 0.2) is 5.75 Å². The van der Waals surface area contributed by atoms with Gasteiger partial charge in [-0.25, -0.2) is 0 Å². The molecule has 102 valence electrons. The Morgan fingerprint density at radius 2 is 1.79 bits per heavy atom. The van der Waals surface area contributed by atoms with Gasteiger partial charge in [0.25, 0.3) is 0 Å². The Morgan fingerprint density at radius 1 is 1.11 bits per heavy atom. The van der Waals surface area contributed by atoms with Crippen molar-refractivity contribution in [1.29, 1.82) is 0 Å². The van der Waals surface area contributed by atoms with E-state index in [2.05, 4.69) is 20.1 Å². The lowest BCUT2D eigenvalue weighted by Gasteiger charge is -2.11. The third-order valence-electron chi connectivity index (χ3n) is 2.29. The second-order valence-electron chi connectivity index (χ2n) is 3.60. The lowest BCUT2D eigenvalue weighted by molar-refractivity contribution is -0.0499. The van der Waals surface area contributed by atoms with Crippen LogP contribution < -0.4 is 4.18 Å². The van der Waals surface area contributed by atoms with Crippen LogP contribution in [0.5, 0.6) is 5.75 Å². The fraction of sp³-hybridized carbons (Fsp3) is 0.0909. The first kappa shape index (κ1) is 14.1. The van der Waals surface area contributed by atoms with Crippen molar-refractivity contribution in [3.8, 4) is 5.75 Å². The van der Waals surface area contributed by atoms with Gasteiger partial charge in [-0.3, -0.25) is 0 Å². The Balaban J connectivity index is 2.53. The first-order valence-corrected chi connectivity index (χ1v) is 7.10. The first-order chi connectivity index (χ1) is 8.71. The van der Waals surface area contributed by atoms with Gasteiger partial charge in [0.1, 0.15) is 0 Å². The van der Waals surface area contributed by atoms with Crippen LogP contribution in [0, 0.1) is 0 Å². The van der Waals surface area contributed by atoms with Crippen LogP contribution in [-0.2, 0) is 10.1 Å². The summed E-state index contributed by atoms with van der Waals surface area (Å²) in [7, 11) is -5.66. The molecule has 0 aliphatic carbocycles. The van der Waals surface area contributed by atoms with Crippen molar-refractivity contribution < 1.29 is 25.8 Å². The quantitative estimate of drug-likeness (QED) is 0.608. The van der Waals surface area contributed by atoms with E-state index in [1.54, 1.807) is 18.2 Å². The minimum atomic E-state index is -5.66. The summed E-state index contributed by atoms with van der Waals surface area (Å²) < 4.78 is 63.6. The highest BCUT2D eigenvalue weighted by Crippen LogP contribution is 2.32. The van der Waals surface area contributed by atoms with Crippen LogP contribution in [0.15, 0.2) is 40.9 Å². The number of alkyl halides is 3. The molecule has 0 aliphatic rings. The average molecular weight is 355 g/mol. The maximum atomic E-state index is 12.3. The van der Waals surface area contributed by atoms with Crippen molar-refractivity contribution in [2.45, 2.75) is 5.51 Å². The van der Waals surface area contributed by atoms with Crippen molar-refractivity contribution in [2.75, 3.05) is 0 Å². The minimum Gasteiger partial charge on any atom is -0.375 e. The lowest BCUT2D eigenvalue weighted by Crippen LogP contribution is -2.28. The van der Waals surface area contributed by atoms with Gasteiger partial charge in [0.2, 0.25) is 0 Å². The van der Waals surface area contributed by atoms with Gasteiger partial charge >= 0.3 is 15.6 Å². The zero-order valence-electron chi connectivity index (χ0n) is 9.11. The van der Waals surface area contributed by atoms with Crippen molar-refractivity contribution in [3.05, 3.63) is 40.9 Å². The van der Waals surface area contributed by atoms with E-state index in [0.29, 0.717) is 5.39 Å². The van der Waals surface area contributed by atoms with Crippen LogP contribution in [0.2, 0.25) is 0 Å². The summed E-state index contributed by atoms with van der Waals surface area (Å²) >= 11 is 3.21. The molecule has 0 saturated heterocycles. The predicted octanol–water partition coefficient (Wildman–Crippen LogP) is 3.83. The van der Waals surface area contributed by atoms with E-state index in [0.717, 1.165) is 4.47 Å². The van der Waals surface area contributed by atoms with E-state index in [1.165, 1.54) is 18.2 Å². The normalized spacial score (nSPS) is 12.6. The standard InChI is InChI=1S/C11H6BrF3O3S/c12-8-4-5-9-7(6-8)2-1-3-10(9)18-19(16,17)11(13,14)15/h1-6H. The molecule has 0 bridgehead atoms. The molecule has 19 heavy (non-hydrogen) atoms. The molecule has 0 radical (unpaired) electrons. The minimum absolute atomic E-state index is 0.276. The molecule has 0 fully saturated rings. The Bertz CT molecular complexity index is 726. The molecule has 0 heterocycles. The van der Waals surface area contributed by atoms with Crippen molar-refractivity contribution >= 4 is 36.8 Å². The van der Waals surface area contributed by atoms with E-state index < -0.39 is 15.6 Å². The van der Waals surface area contributed by atoms with Gasteiger partial charge in [-0.1, -0.05) is 28.1 Å². The van der Waals surface area contributed by atoms with E-state index >= 15 is 0 Å². The average Bonchev–Trinajstić information content (AvgIpc) is 2.26. The summed E-state index contributed by atoms with van der Waals surface area (Å²) in [5.74, 6) is -0.359. The number of halogens is 4. The maximum Gasteiger partial charge on any atom is 0.534 e. The topological polar surface area (TPSA) is 43.4 Å². The Labute approximate surface area is 115 Å². The van der Waals surface area contributed by atoms with Gasteiger partial charge in [-0.2, -0.15) is 21.6 Å². The Kier molecular flexibility index (Phi) is 3.48. The van der Waals surface area contributed by atoms with Crippen LogP contribution in [0.4, 0.5) is 13.2 Å². The molecule has 8 heteroatoms. The zero-order chi connectivity index (χ0) is 14.3. The molecule has 0 N–H and O–H groups in total. The van der Waals surface area contributed by atoms with E-state index in [1.807, 2.05) is 0 Å². The van der Waals surface area contributed by atoms with Gasteiger partial charge in [0.05, 0.1) is 0 Å². The summed E-state index contributed by atoms with van der Waals surface area (Å²) in [6.07, 6.45) is 0. The van der Waals surface area contributed by atoms with E-state index in [-0.39, 0.29) is 11.1 Å². The molecule has 2 aromatic carbocycles. The predicted molar refractivity (Wildman–Crippen MR) is 67.3 cm³/mol. The number of rotatable bonds is 2. The summed E-state index contributed by atoms with van der Waals surface area (Å²) in [6.45, 7) is 0. The third-order valence-corrected chi connectivity index (χ3v) is 3.74. The van der Waals surface area contributed by atoms with Crippen LogP contribution in [0.3, 0.4) is 0 Å². The largest absolute Gasteiger partial charge is 0.534 e. The van der Waals surface area contributed by atoms with Crippen LogP contribution in [0.1, 0.15) is 0 Å². The van der Waals surface area contributed by atoms with Crippen LogP contribution >= 0.6 is 15.9 Å². The van der Waals surface area contributed by atoms with Crippen molar-refractivity contribution in [2.24, 2.45) is 0 Å². The molecule has 3 nitrogen and oxygen atoms in total. The number of hydrogen-bond acceptors (Lipinski definition) is 3. The van der Waals surface area contributed by atoms with Gasteiger partial charge < -0.3 is 4.18 Å². The van der Waals surface area contributed by atoms with Crippen molar-refractivity contribution in [3.63, 3.8) is 0 Å². The van der Waals surface area contributed by atoms with Gasteiger partial charge in [-0.05, 0) is 29.7 Å². The lowest BCUT2D eigenvalue weighted by atomic mass is 10.1. The Morgan fingerprint density at radius 3 is 2.42 bits per heavy atom. The number of fused-ring (bicyclic) bond motifs is 1. The van der Waals surface area contributed by atoms with Gasteiger partial charge in [-0.15, -0.1) is 0 Å². The number of hydrogen-bond donors (Lipinski definition) is 0. The highest BCUT2D eigenvalue weighted by atomic mass is 79.9. The molecule has 0 spiro atoms. The smallest absolute Gasteiger partial charge is 0.375 e. The molecule has 2 aromatic rings. The van der Waals surface area contributed by atoms with E-state index in [4.69, 9.17) is 0 Å². The molecular weight excluding hydrogens is 349 g/mol. The molecule has 0 aromatic heterocycles. The zero-order valence-corrected chi connectivity index (χ0v) is 11.5. The molecule has 0 amide bonds. The van der Waals surface area contributed by atoms with Crippen molar-refractivity contribution in [1.82, 2.24) is 0 Å². The van der Waals surface area contributed by atoms with Crippen LogP contribution in [-0.4, -0.2) is 13.9 Å². The molecule has 0 saturated carbocycles. The highest BCUT2D eigenvalue weighted by Gasteiger charge is 2.48. The Hall–Kier alpha value is -1.28. The fourth-order valence-corrected chi connectivity index (χ4v) is 2.32. The van der Waals surface area contributed by atoms with E-state index in [9.17, 15) is 21.6 Å². The van der Waals surface area contributed by atoms with Gasteiger partial charge in [0, 0.05) is 9.86 Å². The molecule has 2 rings (SSSR count). The van der Waals surface area contributed by atoms with Crippen LogP contribution in [0.25, 0.3) is 10.8 Å². The molecule has 0 unspecified atom stereocenters. The second-order valence-corrected chi connectivity index (χ2v) is 6.06. The maximum absolute atomic E-state index is 12.3. The molecular formula is C11H6BrF3O3S. The first-order valence-electron chi connectivity index (χ1n) is 4.90. The highest BCUT2D eigenvalue weighted by molar-refractivity contribution is 9.10. The molecule has 0 atom stereocenters. The molecule has 0 aliphatic heterocycles. The summed E-state index contributed by atoms with van der Waals surface area (Å²) in [5, 5.41) is 0.836. The fourth-order valence-electron chi connectivity index (χ4n) is 1.46. The SMILES string of the molecule is O=S(=O)(Oc1cccc2cc(Br)ccc12)C(F)(F)F. The number of benzene rings is 2. The second kappa shape index (κ2) is 4.68. The summed E-state index contributed by atoms with van der Waals surface area (Å²) in [5.41, 5.74) is -5.45. The third kappa shape index (κ3) is 2.84. The summed E-state index contributed by atoms with van der Waals surface area (Å²) in [4.78, 5) is 0. The monoisotopic (exact) mass is 354 g/mol. The summed E-state index contributed by atoms with van der Waals surface area (Å²) in [6, 6.07) is 8.90.